The topological polar surface area (TPSA) is 29.3 Å². The molecule has 0 amide bonds. The van der Waals surface area contributed by atoms with E-state index in [2.05, 4.69) is 66.4 Å². The molecule has 0 unspecified atom stereocenters. The van der Waals surface area contributed by atoms with Crippen LogP contribution < -0.4 is 10.6 Å². The Morgan fingerprint density at radius 2 is 1.57 bits per heavy atom. The molecular weight excluding hydrogens is 256 g/mol. The van der Waals surface area contributed by atoms with Crippen molar-refractivity contribution in [3.8, 4) is 0 Å². The molecule has 2 heteroatoms. The van der Waals surface area contributed by atoms with Crippen LogP contribution in [0.25, 0.3) is 0 Å². The normalized spacial score (nSPS) is 10.6. The van der Waals surface area contributed by atoms with Gasteiger partial charge in [-0.3, -0.25) is 0 Å². The number of hydrogen-bond acceptors (Lipinski definition) is 2. The molecule has 0 saturated heterocycles. The standard InChI is InChI=1S/C19H26N2/c1-2-3-15-21(19-11-5-4-6-12-19)16-18-10-8-7-9-17(18)13-14-20/h4-12H,2-3,13-16,20H2,1H3. The smallest absolute Gasteiger partial charge is 0.0432 e. The zero-order valence-electron chi connectivity index (χ0n) is 13.0. The van der Waals surface area contributed by atoms with Gasteiger partial charge in [0.2, 0.25) is 0 Å². The van der Waals surface area contributed by atoms with E-state index in [0.29, 0.717) is 6.54 Å². The first kappa shape index (κ1) is 15.6. The van der Waals surface area contributed by atoms with Gasteiger partial charge >= 0.3 is 0 Å². The summed E-state index contributed by atoms with van der Waals surface area (Å²) < 4.78 is 0. The Morgan fingerprint density at radius 3 is 2.24 bits per heavy atom. The Morgan fingerprint density at radius 1 is 0.905 bits per heavy atom. The van der Waals surface area contributed by atoms with Gasteiger partial charge in [0.1, 0.15) is 0 Å². The molecule has 2 rings (SSSR count). The van der Waals surface area contributed by atoms with E-state index >= 15 is 0 Å². The van der Waals surface area contributed by atoms with E-state index in [-0.39, 0.29) is 0 Å². The summed E-state index contributed by atoms with van der Waals surface area (Å²) in [7, 11) is 0. The molecule has 2 nitrogen and oxygen atoms in total. The van der Waals surface area contributed by atoms with Gasteiger partial charge in [-0.05, 0) is 42.6 Å². The third kappa shape index (κ3) is 4.61. The summed E-state index contributed by atoms with van der Waals surface area (Å²) in [6, 6.07) is 19.3. The average Bonchev–Trinajstić information content (AvgIpc) is 2.54. The summed E-state index contributed by atoms with van der Waals surface area (Å²) in [5.41, 5.74) is 9.80. The Labute approximate surface area is 128 Å². The fourth-order valence-corrected chi connectivity index (χ4v) is 2.60. The van der Waals surface area contributed by atoms with Crippen molar-refractivity contribution < 1.29 is 0 Å². The predicted molar refractivity (Wildman–Crippen MR) is 91.6 cm³/mol. The van der Waals surface area contributed by atoms with Crippen molar-refractivity contribution >= 4 is 5.69 Å². The molecule has 0 bridgehead atoms. The highest BCUT2D eigenvalue weighted by Crippen LogP contribution is 2.19. The zero-order valence-corrected chi connectivity index (χ0v) is 13.0. The van der Waals surface area contributed by atoms with Crippen molar-refractivity contribution in [1.82, 2.24) is 0 Å². The number of nitrogens with two attached hydrogens (primary N) is 1. The van der Waals surface area contributed by atoms with Crippen molar-refractivity contribution in [2.45, 2.75) is 32.7 Å². The fourth-order valence-electron chi connectivity index (χ4n) is 2.60. The Bertz CT molecular complexity index is 522. The Hall–Kier alpha value is -1.80. The summed E-state index contributed by atoms with van der Waals surface area (Å²) in [6.45, 7) is 5.00. The van der Waals surface area contributed by atoms with Gasteiger partial charge in [0.25, 0.3) is 0 Å². The predicted octanol–water partition coefficient (Wildman–Crippen LogP) is 3.99. The van der Waals surface area contributed by atoms with Gasteiger partial charge in [-0.25, -0.2) is 0 Å². The van der Waals surface area contributed by atoms with Crippen molar-refractivity contribution in [1.29, 1.82) is 0 Å². The van der Waals surface area contributed by atoms with Gasteiger partial charge in [-0.1, -0.05) is 55.8 Å². The minimum atomic E-state index is 0.706. The molecule has 21 heavy (non-hydrogen) atoms. The monoisotopic (exact) mass is 282 g/mol. The van der Waals surface area contributed by atoms with Gasteiger partial charge in [0, 0.05) is 18.8 Å². The van der Waals surface area contributed by atoms with Crippen LogP contribution in [0.4, 0.5) is 5.69 Å². The fraction of sp³-hybridized carbons (Fsp3) is 0.368. The van der Waals surface area contributed by atoms with E-state index in [1.807, 2.05) is 0 Å². The molecule has 0 aliphatic heterocycles. The number of benzene rings is 2. The largest absolute Gasteiger partial charge is 0.367 e. The molecule has 0 aliphatic carbocycles. The summed E-state index contributed by atoms with van der Waals surface area (Å²) >= 11 is 0. The lowest BCUT2D eigenvalue weighted by Gasteiger charge is -2.26. The van der Waals surface area contributed by atoms with Crippen LogP contribution in [0, 0.1) is 0 Å². The number of rotatable bonds is 8. The Balaban J connectivity index is 2.19. The van der Waals surface area contributed by atoms with Crippen LogP contribution in [0.2, 0.25) is 0 Å². The van der Waals surface area contributed by atoms with Gasteiger partial charge < -0.3 is 10.6 Å². The van der Waals surface area contributed by atoms with Crippen LogP contribution in [0.5, 0.6) is 0 Å². The second-order valence-corrected chi connectivity index (χ2v) is 5.42. The van der Waals surface area contributed by atoms with E-state index in [1.54, 1.807) is 0 Å². The minimum absolute atomic E-state index is 0.706. The molecule has 0 radical (unpaired) electrons. The summed E-state index contributed by atoms with van der Waals surface area (Å²) in [4.78, 5) is 2.47. The van der Waals surface area contributed by atoms with Gasteiger partial charge in [-0.15, -0.1) is 0 Å². The molecule has 0 heterocycles. The minimum Gasteiger partial charge on any atom is -0.367 e. The van der Waals surface area contributed by atoms with Crippen LogP contribution in [-0.2, 0) is 13.0 Å². The lowest BCUT2D eigenvalue weighted by atomic mass is 10.0. The number of anilines is 1. The van der Waals surface area contributed by atoms with Gasteiger partial charge in [-0.2, -0.15) is 0 Å². The molecule has 2 aromatic carbocycles. The van der Waals surface area contributed by atoms with E-state index in [9.17, 15) is 0 Å². The van der Waals surface area contributed by atoms with Gasteiger partial charge in [0.15, 0.2) is 0 Å². The molecular formula is C19H26N2. The van der Waals surface area contributed by atoms with Gasteiger partial charge in [0.05, 0.1) is 0 Å². The molecule has 0 aromatic heterocycles. The SMILES string of the molecule is CCCCN(Cc1ccccc1CCN)c1ccccc1. The number of para-hydroxylation sites is 1. The maximum absolute atomic E-state index is 5.74. The van der Waals surface area contributed by atoms with E-state index < -0.39 is 0 Å². The molecule has 2 aromatic rings. The second kappa shape index (κ2) is 8.48. The lowest BCUT2D eigenvalue weighted by molar-refractivity contribution is 0.712. The maximum atomic E-state index is 5.74. The van der Waals surface area contributed by atoms with Crippen molar-refractivity contribution in [3.05, 3.63) is 65.7 Å². The third-order valence-electron chi connectivity index (χ3n) is 3.80. The van der Waals surface area contributed by atoms with Crippen molar-refractivity contribution in [2.75, 3.05) is 18.0 Å². The quantitative estimate of drug-likeness (QED) is 0.793. The summed E-state index contributed by atoms with van der Waals surface area (Å²) in [5.74, 6) is 0. The van der Waals surface area contributed by atoms with Crippen LogP contribution in [-0.4, -0.2) is 13.1 Å². The molecule has 2 N–H and O–H groups in total. The lowest BCUT2D eigenvalue weighted by Crippen LogP contribution is -2.24. The first-order valence-electron chi connectivity index (χ1n) is 7.92. The second-order valence-electron chi connectivity index (χ2n) is 5.42. The first-order valence-corrected chi connectivity index (χ1v) is 7.92. The average molecular weight is 282 g/mol. The zero-order chi connectivity index (χ0) is 14.9. The first-order chi connectivity index (χ1) is 10.3. The van der Waals surface area contributed by atoms with Crippen molar-refractivity contribution in [3.63, 3.8) is 0 Å². The highest BCUT2D eigenvalue weighted by Gasteiger charge is 2.09. The van der Waals surface area contributed by atoms with Crippen LogP contribution >= 0.6 is 0 Å². The molecule has 0 spiro atoms. The summed E-state index contributed by atoms with van der Waals surface area (Å²) in [5, 5.41) is 0. The van der Waals surface area contributed by atoms with Crippen molar-refractivity contribution in [2.24, 2.45) is 5.73 Å². The highest BCUT2D eigenvalue weighted by molar-refractivity contribution is 5.47. The van der Waals surface area contributed by atoms with E-state index in [0.717, 1.165) is 19.5 Å². The molecule has 0 saturated carbocycles. The molecule has 0 aliphatic rings. The number of unbranched alkanes of at least 4 members (excludes halogenated alkanes) is 1. The molecule has 0 fully saturated rings. The van der Waals surface area contributed by atoms with E-state index in [4.69, 9.17) is 5.73 Å². The summed E-state index contributed by atoms with van der Waals surface area (Å²) in [6.07, 6.45) is 3.38. The van der Waals surface area contributed by atoms with E-state index in [1.165, 1.54) is 29.7 Å². The molecule has 112 valence electrons. The Kier molecular flexibility index (Phi) is 6.29. The van der Waals surface area contributed by atoms with Crippen LogP contribution in [0.1, 0.15) is 30.9 Å². The third-order valence-corrected chi connectivity index (χ3v) is 3.80. The number of hydrogen-bond donors (Lipinski definition) is 1. The maximum Gasteiger partial charge on any atom is 0.0432 e. The van der Waals surface area contributed by atoms with Crippen LogP contribution in [0.3, 0.4) is 0 Å². The van der Waals surface area contributed by atoms with Crippen LogP contribution in [0.15, 0.2) is 54.6 Å². The molecule has 0 atom stereocenters. The highest BCUT2D eigenvalue weighted by atomic mass is 15.1. The number of nitrogens with zero attached hydrogens (tertiary/aromatic N) is 1.